The molecule has 2 heterocycles. The molecule has 0 aliphatic rings. The van der Waals surface area contributed by atoms with E-state index in [0.29, 0.717) is 0 Å². The van der Waals surface area contributed by atoms with Gasteiger partial charge < -0.3 is 10.3 Å². The first-order valence-electron chi connectivity index (χ1n) is 7.64. The van der Waals surface area contributed by atoms with Gasteiger partial charge in [0.25, 0.3) is 0 Å². The Morgan fingerprint density at radius 3 is 2.91 bits per heavy atom. The van der Waals surface area contributed by atoms with E-state index in [1.807, 2.05) is 36.5 Å². The fraction of sp³-hybridized carbons (Fsp3) is 0.105. The Balaban J connectivity index is 1.54. The number of fused-ring (bicyclic) bond motifs is 2. The maximum Gasteiger partial charge on any atom is 0.0723 e. The zero-order valence-corrected chi connectivity index (χ0v) is 13.3. The van der Waals surface area contributed by atoms with E-state index >= 15 is 0 Å². The second kappa shape index (κ2) is 5.94. The molecule has 23 heavy (non-hydrogen) atoms. The molecule has 0 spiro atoms. The number of nitrogens with one attached hydrogen (secondary N) is 2. The van der Waals surface area contributed by atoms with Crippen molar-refractivity contribution in [1.82, 2.24) is 9.97 Å². The van der Waals surface area contributed by atoms with Crippen LogP contribution in [0.1, 0.15) is 5.56 Å². The highest BCUT2D eigenvalue weighted by Crippen LogP contribution is 2.25. The van der Waals surface area contributed by atoms with Gasteiger partial charge in [0.2, 0.25) is 0 Å². The summed E-state index contributed by atoms with van der Waals surface area (Å²) < 4.78 is 0. The van der Waals surface area contributed by atoms with Crippen LogP contribution >= 0.6 is 11.6 Å². The fourth-order valence-corrected chi connectivity index (χ4v) is 3.11. The van der Waals surface area contributed by atoms with Gasteiger partial charge in [0.15, 0.2) is 0 Å². The number of benzene rings is 2. The van der Waals surface area contributed by atoms with Crippen LogP contribution in [0.2, 0.25) is 5.02 Å². The highest BCUT2D eigenvalue weighted by Gasteiger charge is 2.05. The Hall–Kier alpha value is -2.52. The minimum atomic E-state index is 0.727. The number of H-pyrrole nitrogens is 1. The number of nitrogens with zero attached hydrogens (tertiary/aromatic N) is 1. The zero-order chi connectivity index (χ0) is 15.6. The molecule has 0 unspecified atom stereocenters. The van der Waals surface area contributed by atoms with Crippen LogP contribution in [0.15, 0.2) is 60.9 Å². The number of aromatic amines is 1. The highest BCUT2D eigenvalue weighted by atomic mass is 35.5. The smallest absolute Gasteiger partial charge is 0.0723 e. The first-order chi connectivity index (χ1) is 11.3. The molecule has 0 radical (unpaired) electrons. The average Bonchev–Trinajstić information content (AvgIpc) is 2.99. The van der Waals surface area contributed by atoms with Crippen molar-refractivity contribution in [3.63, 3.8) is 0 Å². The van der Waals surface area contributed by atoms with Crippen LogP contribution in [0, 0.1) is 0 Å². The number of aromatic nitrogens is 2. The Kier molecular flexibility index (Phi) is 3.64. The van der Waals surface area contributed by atoms with Crippen molar-refractivity contribution in [3.05, 3.63) is 71.5 Å². The van der Waals surface area contributed by atoms with Gasteiger partial charge in [-0.2, -0.15) is 0 Å². The molecule has 0 bridgehead atoms. The summed E-state index contributed by atoms with van der Waals surface area (Å²) in [4.78, 5) is 7.70. The van der Waals surface area contributed by atoms with E-state index in [4.69, 9.17) is 11.6 Å². The van der Waals surface area contributed by atoms with E-state index < -0.39 is 0 Å². The second-order valence-corrected chi connectivity index (χ2v) is 5.99. The van der Waals surface area contributed by atoms with E-state index in [1.165, 1.54) is 16.5 Å². The number of para-hydroxylation sites is 1. The lowest BCUT2D eigenvalue weighted by atomic mass is 10.1. The lowest BCUT2D eigenvalue weighted by molar-refractivity contribution is 1.03. The van der Waals surface area contributed by atoms with Gasteiger partial charge >= 0.3 is 0 Å². The van der Waals surface area contributed by atoms with Gasteiger partial charge in [-0.15, -0.1) is 0 Å². The third-order valence-electron chi connectivity index (χ3n) is 4.09. The fourth-order valence-electron chi connectivity index (χ4n) is 2.94. The molecule has 0 aliphatic heterocycles. The summed E-state index contributed by atoms with van der Waals surface area (Å²) in [6.45, 7) is 0.855. The van der Waals surface area contributed by atoms with Gasteiger partial charge in [-0.25, -0.2) is 0 Å². The summed E-state index contributed by atoms with van der Waals surface area (Å²) in [6.07, 6.45) is 4.87. The van der Waals surface area contributed by atoms with E-state index in [0.717, 1.165) is 34.6 Å². The molecule has 0 atom stereocenters. The van der Waals surface area contributed by atoms with Gasteiger partial charge in [-0.3, -0.25) is 4.98 Å². The lowest BCUT2D eigenvalue weighted by Crippen LogP contribution is -2.05. The minimum absolute atomic E-state index is 0.727. The molecule has 0 aliphatic carbocycles. The number of anilines is 1. The molecule has 3 nitrogen and oxygen atoms in total. The van der Waals surface area contributed by atoms with Crippen molar-refractivity contribution in [2.45, 2.75) is 6.42 Å². The average molecular weight is 322 g/mol. The molecule has 2 aromatic heterocycles. The zero-order valence-electron chi connectivity index (χ0n) is 12.5. The van der Waals surface area contributed by atoms with E-state index in [2.05, 4.69) is 39.7 Å². The minimum Gasteiger partial charge on any atom is -0.384 e. The molecule has 0 saturated heterocycles. The van der Waals surface area contributed by atoms with Gasteiger partial charge in [0.1, 0.15) is 0 Å². The molecule has 0 saturated carbocycles. The topological polar surface area (TPSA) is 40.7 Å². The van der Waals surface area contributed by atoms with Crippen LogP contribution in [0.3, 0.4) is 0 Å². The van der Waals surface area contributed by atoms with Gasteiger partial charge in [0, 0.05) is 45.9 Å². The third kappa shape index (κ3) is 2.76. The van der Waals surface area contributed by atoms with Gasteiger partial charge in [0.05, 0.1) is 5.52 Å². The molecule has 2 aromatic carbocycles. The maximum absolute atomic E-state index is 6.11. The van der Waals surface area contributed by atoms with Crippen LogP contribution < -0.4 is 5.32 Å². The highest BCUT2D eigenvalue weighted by molar-refractivity contribution is 6.31. The summed E-state index contributed by atoms with van der Waals surface area (Å²) in [6, 6.07) is 16.1. The molecule has 4 aromatic rings. The maximum atomic E-state index is 6.11. The van der Waals surface area contributed by atoms with Crippen molar-refractivity contribution in [1.29, 1.82) is 0 Å². The summed E-state index contributed by atoms with van der Waals surface area (Å²) in [5.74, 6) is 0. The number of hydrogen-bond donors (Lipinski definition) is 2. The SMILES string of the molecule is Clc1ccc2nccc(NCCc3c[nH]c4ccccc34)c2c1. The molecule has 2 N–H and O–H groups in total. The van der Waals surface area contributed by atoms with Crippen molar-refractivity contribution >= 4 is 39.1 Å². The Morgan fingerprint density at radius 2 is 1.96 bits per heavy atom. The quantitative estimate of drug-likeness (QED) is 0.554. The summed E-state index contributed by atoms with van der Waals surface area (Å²) in [7, 11) is 0. The van der Waals surface area contributed by atoms with E-state index in [1.54, 1.807) is 0 Å². The number of halogens is 1. The first-order valence-corrected chi connectivity index (χ1v) is 8.02. The lowest BCUT2D eigenvalue weighted by Gasteiger charge is -2.09. The third-order valence-corrected chi connectivity index (χ3v) is 4.32. The van der Waals surface area contributed by atoms with Crippen molar-refractivity contribution in [2.24, 2.45) is 0 Å². The predicted molar refractivity (Wildman–Crippen MR) is 97.2 cm³/mol. The number of hydrogen-bond acceptors (Lipinski definition) is 2. The Labute approximate surface area is 139 Å². The van der Waals surface area contributed by atoms with Gasteiger partial charge in [-0.05, 0) is 42.3 Å². The predicted octanol–water partition coefficient (Wildman–Crippen LogP) is 5.02. The molecule has 4 rings (SSSR count). The molecular formula is C19H16ClN3. The summed E-state index contributed by atoms with van der Waals surface area (Å²) in [5, 5.41) is 6.58. The Morgan fingerprint density at radius 1 is 1.04 bits per heavy atom. The van der Waals surface area contributed by atoms with E-state index in [9.17, 15) is 0 Å². The molecule has 114 valence electrons. The standard InChI is InChI=1S/C19H16ClN3/c20-14-5-6-18-16(11-14)19(8-10-22-18)21-9-7-13-12-23-17-4-2-1-3-15(13)17/h1-6,8,10-12,23H,7,9H2,(H,21,22). The Bertz CT molecular complexity index is 975. The first kappa shape index (κ1) is 14.1. The van der Waals surface area contributed by atoms with Crippen molar-refractivity contribution in [2.75, 3.05) is 11.9 Å². The van der Waals surface area contributed by atoms with Crippen molar-refractivity contribution in [3.8, 4) is 0 Å². The summed E-state index contributed by atoms with van der Waals surface area (Å²) >= 11 is 6.11. The molecular weight excluding hydrogens is 306 g/mol. The molecule has 4 heteroatoms. The van der Waals surface area contributed by atoms with Gasteiger partial charge in [-0.1, -0.05) is 29.8 Å². The van der Waals surface area contributed by atoms with Crippen LogP contribution in [0.5, 0.6) is 0 Å². The normalized spacial score (nSPS) is 11.2. The second-order valence-electron chi connectivity index (χ2n) is 5.56. The largest absolute Gasteiger partial charge is 0.384 e. The molecule has 0 amide bonds. The molecule has 0 fully saturated rings. The number of rotatable bonds is 4. The van der Waals surface area contributed by atoms with Crippen molar-refractivity contribution < 1.29 is 0 Å². The van der Waals surface area contributed by atoms with Crippen LogP contribution in [0.25, 0.3) is 21.8 Å². The monoisotopic (exact) mass is 321 g/mol. The van der Waals surface area contributed by atoms with Crippen LogP contribution in [-0.2, 0) is 6.42 Å². The van der Waals surface area contributed by atoms with E-state index in [-0.39, 0.29) is 0 Å². The van der Waals surface area contributed by atoms with Crippen LogP contribution in [0.4, 0.5) is 5.69 Å². The van der Waals surface area contributed by atoms with Crippen LogP contribution in [-0.4, -0.2) is 16.5 Å². The number of pyridine rings is 1. The summed E-state index contributed by atoms with van der Waals surface area (Å²) in [5.41, 5.74) is 4.52.